The van der Waals surface area contributed by atoms with Gasteiger partial charge in [0.1, 0.15) is 6.61 Å². The number of anilines is 1. The van der Waals surface area contributed by atoms with Crippen LogP contribution >= 0.6 is 0 Å². The van der Waals surface area contributed by atoms with Gasteiger partial charge in [0.15, 0.2) is 0 Å². The lowest BCUT2D eigenvalue weighted by Gasteiger charge is -2.06. The summed E-state index contributed by atoms with van der Waals surface area (Å²) < 4.78 is 28.0. The van der Waals surface area contributed by atoms with Crippen LogP contribution in [0, 0.1) is 0 Å². The summed E-state index contributed by atoms with van der Waals surface area (Å²) in [4.78, 5) is 0. The molecule has 14 heavy (non-hydrogen) atoms. The van der Waals surface area contributed by atoms with E-state index in [1.54, 1.807) is 0 Å². The van der Waals surface area contributed by atoms with Gasteiger partial charge in [0.05, 0.1) is 6.61 Å². The molecule has 0 heterocycles. The number of ether oxygens (including phenoxy) is 1. The van der Waals surface area contributed by atoms with Crippen molar-refractivity contribution in [2.24, 2.45) is 0 Å². The summed E-state index contributed by atoms with van der Waals surface area (Å²) in [6.07, 6.45) is -2.38. The van der Waals surface area contributed by atoms with E-state index in [4.69, 9.17) is 4.74 Å². The maximum atomic E-state index is 11.6. The first-order valence-corrected chi connectivity index (χ1v) is 4.44. The van der Waals surface area contributed by atoms with Crippen LogP contribution < -0.4 is 5.32 Å². The molecule has 0 amide bonds. The Bertz CT molecular complexity index is 241. The van der Waals surface area contributed by atoms with Gasteiger partial charge >= 0.3 is 0 Å². The highest BCUT2D eigenvalue weighted by molar-refractivity contribution is 5.42. The zero-order chi connectivity index (χ0) is 10.2. The molecule has 4 heteroatoms. The van der Waals surface area contributed by atoms with Crippen molar-refractivity contribution in [3.05, 3.63) is 30.3 Å². The number of nitrogens with one attached hydrogen (secondary N) is 1. The fraction of sp³-hybridized carbons (Fsp3) is 0.400. The molecule has 0 aliphatic carbocycles. The normalized spacial score (nSPS) is 10.5. The van der Waals surface area contributed by atoms with Crippen molar-refractivity contribution in [3.63, 3.8) is 0 Å². The zero-order valence-corrected chi connectivity index (χ0v) is 7.75. The van der Waals surface area contributed by atoms with Gasteiger partial charge in [-0.15, -0.1) is 0 Å². The van der Waals surface area contributed by atoms with E-state index in [0.29, 0.717) is 13.2 Å². The molecule has 0 bridgehead atoms. The second-order valence-corrected chi connectivity index (χ2v) is 2.76. The molecule has 1 N–H and O–H groups in total. The topological polar surface area (TPSA) is 21.3 Å². The molecule has 78 valence electrons. The van der Waals surface area contributed by atoms with Gasteiger partial charge in [0, 0.05) is 12.2 Å². The monoisotopic (exact) mass is 201 g/mol. The number of para-hydroxylation sites is 1. The van der Waals surface area contributed by atoms with Crippen LogP contribution in [0.2, 0.25) is 0 Å². The standard InChI is InChI=1S/C10H13F2NO/c11-10(12)8-14-7-6-13-9-4-2-1-3-5-9/h1-5,10,13H,6-8H2. The van der Waals surface area contributed by atoms with E-state index in [1.807, 2.05) is 30.3 Å². The summed E-state index contributed by atoms with van der Waals surface area (Å²) >= 11 is 0. The summed E-state index contributed by atoms with van der Waals surface area (Å²) in [5.74, 6) is 0. The third kappa shape index (κ3) is 4.77. The van der Waals surface area contributed by atoms with Crippen LogP contribution in [0.3, 0.4) is 0 Å². The Morgan fingerprint density at radius 2 is 1.93 bits per heavy atom. The lowest BCUT2D eigenvalue weighted by atomic mass is 10.3. The molecule has 1 rings (SSSR count). The first-order valence-electron chi connectivity index (χ1n) is 4.44. The zero-order valence-electron chi connectivity index (χ0n) is 7.75. The maximum absolute atomic E-state index is 11.6. The summed E-state index contributed by atoms with van der Waals surface area (Å²) in [5, 5.41) is 3.05. The highest BCUT2D eigenvalue weighted by Gasteiger charge is 2.00. The Kier molecular flexibility index (Phi) is 4.93. The van der Waals surface area contributed by atoms with Crippen molar-refractivity contribution in [1.82, 2.24) is 0 Å². The molecule has 0 aliphatic rings. The minimum absolute atomic E-state index is 0.291. The van der Waals surface area contributed by atoms with Crippen molar-refractivity contribution in [1.29, 1.82) is 0 Å². The van der Waals surface area contributed by atoms with Crippen LogP contribution in [0.15, 0.2) is 30.3 Å². The van der Waals surface area contributed by atoms with Gasteiger partial charge in [0.2, 0.25) is 0 Å². The van der Waals surface area contributed by atoms with Crippen molar-refractivity contribution >= 4 is 5.69 Å². The molecule has 2 nitrogen and oxygen atoms in total. The average molecular weight is 201 g/mol. The fourth-order valence-corrected chi connectivity index (χ4v) is 0.996. The van der Waals surface area contributed by atoms with E-state index in [2.05, 4.69) is 5.32 Å². The molecule has 0 atom stereocenters. The first-order chi connectivity index (χ1) is 6.79. The molecule has 1 aromatic rings. The van der Waals surface area contributed by atoms with Crippen LogP contribution in [0.1, 0.15) is 0 Å². The third-order valence-electron chi connectivity index (χ3n) is 1.59. The Balaban J connectivity index is 2.05. The molecular weight excluding hydrogens is 188 g/mol. The van der Waals surface area contributed by atoms with E-state index in [9.17, 15) is 8.78 Å². The second kappa shape index (κ2) is 6.32. The molecule has 0 aliphatic heterocycles. The Labute approximate surface area is 81.9 Å². The fourth-order valence-electron chi connectivity index (χ4n) is 0.996. The molecule has 0 saturated heterocycles. The molecule has 0 fully saturated rings. The van der Waals surface area contributed by atoms with Crippen molar-refractivity contribution in [2.75, 3.05) is 25.1 Å². The number of halogens is 2. The van der Waals surface area contributed by atoms with Crippen LogP contribution in [0.5, 0.6) is 0 Å². The predicted octanol–water partition coefficient (Wildman–Crippen LogP) is 2.38. The number of benzene rings is 1. The molecule has 0 spiro atoms. The molecule has 0 unspecified atom stereocenters. The van der Waals surface area contributed by atoms with E-state index < -0.39 is 13.0 Å². The molecule has 0 radical (unpaired) electrons. The Morgan fingerprint density at radius 3 is 2.57 bits per heavy atom. The van der Waals surface area contributed by atoms with Gasteiger partial charge in [0.25, 0.3) is 6.43 Å². The second-order valence-electron chi connectivity index (χ2n) is 2.76. The highest BCUT2D eigenvalue weighted by Crippen LogP contribution is 2.03. The summed E-state index contributed by atoms with van der Waals surface area (Å²) in [6.45, 7) is 0.340. The van der Waals surface area contributed by atoms with Gasteiger partial charge in [-0.1, -0.05) is 18.2 Å². The molecule has 1 aromatic carbocycles. The van der Waals surface area contributed by atoms with Crippen LogP contribution in [0.25, 0.3) is 0 Å². The lowest BCUT2D eigenvalue weighted by molar-refractivity contribution is 0.0215. The maximum Gasteiger partial charge on any atom is 0.261 e. The summed E-state index contributed by atoms with van der Waals surface area (Å²) in [7, 11) is 0. The Hall–Kier alpha value is -1.16. The van der Waals surface area contributed by atoms with E-state index in [-0.39, 0.29) is 0 Å². The molecular formula is C10H13F2NO. The van der Waals surface area contributed by atoms with Crippen LogP contribution in [0.4, 0.5) is 14.5 Å². The molecule has 0 aromatic heterocycles. The Morgan fingerprint density at radius 1 is 1.21 bits per heavy atom. The summed E-state index contributed by atoms with van der Waals surface area (Å²) in [5.41, 5.74) is 0.966. The van der Waals surface area contributed by atoms with Gasteiger partial charge < -0.3 is 10.1 Å². The van der Waals surface area contributed by atoms with E-state index in [0.717, 1.165) is 5.69 Å². The number of rotatable bonds is 6. The van der Waals surface area contributed by atoms with Crippen LogP contribution in [-0.2, 0) is 4.74 Å². The largest absolute Gasteiger partial charge is 0.383 e. The number of hydrogen-bond acceptors (Lipinski definition) is 2. The van der Waals surface area contributed by atoms with Gasteiger partial charge in [-0.25, -0.2) is 8.78 Å². The summed E-state index contributed by atoms with van der Waals surface area (Å²) in [6, 6.07) is 9.55. The minimum atomic E-state index is -2.38. The third-order valence-corrected chi connectivity index (χ3v) is 1.59. The highest BCUT2D eigenvalue weighted by atomic mass is 19.3. The van der Waals surface area contributed by atoms with Crippen molar-refractivity contribution in [3.8, 4) is 0 Å². The van der Waals surface area contributed by atoms with Gasteiger partial charge in [-0.05, 0) is 12.1 Å². The van der Waals surface area contributed by atoms with Gasteiger partial charge in [-0.2, -0.15) is 0 Å². The van der Waals surface area contributed by atoms with Gasteiger partial charge in [-0.3, -0.25) is 0 Å². The predicted molar refractivity (Wildman–Crippen MR) is 51.8 cm³/mol. The minimum Gasteiger partial charge on any atom is -0.383 e. The van der Waals surface area contributed by atoms with Crippen LogP contribution in [-0.4, -0.2) is 26.2 Å². The first kappa shape index (κ1) is 10.9. The van der Waals surface area contributed by atoms with Crippen molar-refractivity contribution in [2.45, 2.75) is 6.43 Å². The average Bonchev–Trinajstić information content (AvgIpc) is 2.18. The quantitative estimate of drug-likeness (QED) is 0.713. The lowest BCUT2D eigenvalue weighted by Crippen LogP contribution is -2.12. The molecule has 0 saturated carbocycles. The van der Waals surface area contributed by atoms with E-state index in [1.165, 1.54) is 0 Å². The SMILES string of the molecule is FC(F)COCCNc1ccccc1. The smallest absolute Gasteiger partial charge is 0.261 e. The number of alkyl halides is 2. The van der Waals surface area contributed by atoms with Crippen molar-refractivity contribution < 1.29 is 13.5 Å². The number of hydrogen-bond donors (Lipinski definition) is 1. The van der Waals surface area contributed by atoms with E-state index >= 15 is 0 Å².